The van der Waals surface area contributed by atoms with E-state index in [0.29, 0.717) is 5.02 Å². The molecular weight excluding hydrogens is 205 g/mol. The number of rotatable bonds is 3. The summed E-state index contributed by atoms with van der Waals surface area (Å²) in [6.45, 7) is 4.11. The molecule has 3 heteroatoms. The Labute approximate surface area is 89.1 Å². The van der Waals surface area contributed by atoms with Crippen LogP contribution in [0.3, 0.4) is 0 Å². The van der Waals surface area contributed by atoms with Crippen molar-refractivity contribution in [3.8, 4) is 0 Å². The molecular formula is C10H13Cl2N. The van der Waals surface area contributed by atoms with Crippen molar-refractivity contribution in [1.29, 1.82) is 0 Å². The Morgan fingerprint density at radius 3 is 2.77 bits per heavy atom. The van der Waals surface area contributed by atoms with Crippen molar-refractivity contribution in [1.82, 2.24) is 4.98 Å². The van der Waals surface area contributed by atoms with Crippen molar-refractivity contribution >= 4 is 23.2 Å². The fourth-order valence-electron chi connectivity index (χ4n) is 1.26. The molecule has 2 unspecified atom stereocenters. The van der Waals surface area contributed by atoms with Crippen LogP contribution in [0, 0.1) is 0 Å². The first-order valence-electron chi connectivity index (χ1n) is 4.41. The molecule has 13 heavy (non-hydrogen) atoms. The molecule has 0 bridgehead atoms. The highest BCUT2D eigenvalue weighted by molar-refractivity contribution is 6.31. The van der Waals surface area contributed by atoms with Gasteiger partial charge in [-0.2, -0.15) is 0 Å². The number of hydrogen-bond acceptors (Lipinski definition) is 1. The highest BCUT2D eigenvalue weighted by Crippen LogP contribution is 2.28. The van der Waals surface area contributed by atoms with E-state index < -0.39 is 0 Å². The number of hydrogen-bond donors (Lipinski definition) is 0. The molecule has 1 nitrogen and oxygen atoms in total. The molecule has 0 aliphatic carbocycles. The first-order valence-corrected chi connectivity index (χ1v) is 5.22. The predicted octanol–water partition coefficient (Wildman–Crippen LogP) is 3.86. The fraction of sp³-hybridized carbons (Fsp3) is 0.500. The fourth-order valence-corrected chi connectivity index (χ4v) is 1.67. The lowest BCUT2D eigenvalue weighted by molar-refractivity contribution is 0.657. The molecule has 0 fully saturated rings. The van der Waals surface area contributed by atoms with Gasteiger partial charge in [-0.1, -0.05) is 25.4 Å². The van der Waals surface area contributed by atoms with E-state index in [-0.39, 0.29) is 11.3 Å². The number of aromatic nitrogens is 1. The number of halogens is 2. The summed E-state index contributed by atoms with van der Waals surface area (Å²) in [4.78, 5) is 4.23. The molecule has 2 atom stereocenters. The Balaban J connectivity index is 2.88. The van der Waals surface area contributed by atoms with E-state index >= 15 is 0 Å². The summed E-state index contributed by atoms with van der Waals surface area (Å²) >= 11 is 12.1. The van der Waals surface area contributed by atoms with Crippen LogP contribution < -0.4 is 0 Å². The summed E-state index contributed by atoms with van der Waals surface area (Å²) in [5.41, 5.74) is 0.894. The van der Waals surface area contributed by atoms with Crippen LogP contribution in [-0.4, -0.2) is 10.4 Å². The van der Waals surface area contributed by atoms with Crippen LogP contribution in [0.1, 0.15) is 31.9 Å². The maximum Gasteiger partial charge on any atom is 0.0632 e. The van der Waals surface area contributed by atoms with Crippen LogP contribution >= 0.6 is 23.2 Å². The van der Waals surface area contributed by atoms with Crippen molar-refractivity contribution in [2.24, 2.45) is 0 Å². The summed E-state index contributed by atoms with van der Waals surface area (Å²) in [7, 11) is 0. The lowest BCUT2D eigenvalue weighted by Crippen LogP contribution is -2.10. The van der Waals surface area contributed by atoms with Crippen LogP contribution in [-0.2, 0) is 0 Å². The summed E-state index contributed by atoms with van der Waals surface area (Å²) in [5, 5.41) is 0.807. The molecule has 1 rings (SSSR count). The molecule has 0 radical (unpaired) electrons. The van der Waals surface area contributed by atoms with E-state index in [1.807, 2.05) is 12.1 Å². The van der Waals surface area contributed by atoms with Gasteiger partial charge in [0.1, 0.15) is 0 Å². The summed E-state index contributed by atoms with van der Waals surface area (Å²) in [6.07, 6.45) is 2.67. The van der Waals surface area contributed by atoms with E-state index in [0.717, 1.165) is 12.1 Å². The molecule has 0 saturated carbocycles. The largest absolute Gasteiger partial charge is 0.259 e. The van der Waals surface area contributed by atoms with E-state index in [2.05, 4.69) is 18.8 Å². The van der Waals surface area contributed by atoms with Crippen LogP contribution in [0.5, 0.6) is 0 Å². The second-order valence-electron chi connectivity index (χ2n) is 3.08. The molecule has 1 heterocycles. The van der Waals surface area contributed by atoms with Crippen LogP contribution in [0.15, 0.2) is 18.3 Å². The van der Waals surface area contributed by atoms with Crippen molar-refractivity contribution in [2.45, 2.75) is 31.6 Å². The lowest BCUT2D eigenvalue weighted by Gasteiger charge is -2.16. The van der Waals surface area contributed by atoms with Crippen LogP contribution in [0.4, 0.5) is 0 Å². The monoisotopic (exact) mass is 217 g/mol. The molecule has 0 aromatic carbocycles. The van der Waals surface area contributed by atoms with Gasteiger partial charge in [0.15, 0.2) is 0 Å². The number of pyridine rings is 1. The minimum absolute atomic E-state index is 0.104. The predicted molar refractivity (Wildman–Crippen MR) is 57.6 cm³/mol. The van der Waals surface area contributed by atoms with Gasteiger partial charge in [-0.05, 0) is 18.6 Å². The highest BCUT2D eigenvalue weighted by Gasteiger charge is 2.17. The van der Waals surface area contributed by atoms with Gasteiger partial charge in [-0.3, -0.25) is 4.98 Å². The molecule has 0 aliphatic rings. The average molecular weight is 218 g/mol. The maximum absolute atomic E-state index is 6.12. The molecule has 0 N–H and O–H groups in total. The van der Waals surface area contributed by atoms with Gasteiger partial charge in [-0.15, -0.1) is 11.6 Å². The zero-order chi connectivity index (χ0) is 9.84. The normalized spacial score (nSPS) is 15.4. The van der Waals surface area contributed by atoms with Gasteiger partial charge in [0.05, 0.1) is 10.7 Å². The Hall–Kier alpha value is -0.270. The molecule has 0 aliphatic heterocycles. The van der Waals surface area contributed by atoms with Crippen molar-refractivity contribution in [3.05, 3.63) is 29.0 Å². The Bertz CT molecular complexity index is 275. The number of nitrogens with zero attached hydrogens (tertiary/aromatic N) is 1. The van der Waals surface area contributed by atoms with Gasteiger partial charge >= 0.3 is 0 Å². The van der Waals surface area contributed by atoms with Gasteiger partial charge in [0.2, 0.25) is 0 Å². The van der Waals surface area contributed by atoms with Crippen molar-refractivity contribution in [2.75, 3.05) is 0 Å². The SMILES string of the molecule is CCC(Cl)C(C)c1ncccc1Cl. The Morgan fingerprint density at radius 1 is 1.54 bits per heavy atom. The topological polar surface area (TPSA) is 12.9 Å². The average Bonchev–Trinajstić information content (AvgIpc) is 2.16. The minimum Gasteiger partial charge on any atom is -0.259 e. The maximum atomic E-state index is 6.12. The summed E-state index contributed by atoms with van der Waals surface area (Å²) in [6, 6.07) is 3.67. The van der Waals surface area contributed by atoms with Crippen LogP contribution in [0.2, 0.25) is 5.02 Å². The van der Waals surface area contributed by atoms with E-state index in [1.165, 1.54) is 0 Å². The third-order valence-electron chi connectivity index (χ3n) is 2.15. The summed E-state index contributed by atoms with van der Waals surface area (Å²) < 4.78 is 0. The Kier molecular flexibility index (Phi) is 4.01. The minimum atomic E-state index is 0.104. The molecule has 1 aromatic rings. The number of alkyl halides is 1. The molecule has 0 saturated heterocycles. The second kappa shape index (κ2) is 4.83. The van der Waals surface area contributed by atoms with E-state index in [1.54, 1.807) is 6.20 Å². The van der Waals surface area contributed by atoms with Gasteiger partial charge < -0.3 is 0 Å². The third kappa shape index (κ3) is 2.58. The highest BCUT2D eigenvalue weighted by atomic mass is 35.5. The Morgan fingerprint density at radius 2 is 2.23 bits per heavy atom. The van der Waals surface area contributed by atoms with Crippen molar-refractivity contribution in [3.63, 3.8) is 0 Å². The first kappa shape index (κ1) is 10.8. The van der Waals surface area contributed by atoms with Crippen molar-refractivity contribution < 1.29 is 0 Å². The first-order chi connectivity index (χ1) is 6.16. The summed E-state index contributed by atoms with van der Waals surface area (Å²) in [5.74, 6) is 0.209. The van der Waals surface area contributed by atoms with Gasteiger partial charge in [0.25, 0.3) is 0 Å². The van der Waals surface area contributed by atoms with Gasteiger partial charge in [-0.25, -0.2) is 0 Å². The molecule has 0 amide bonds. The second-order valence-corrected chi connectivity index (χ2v) is 4.05. The third-order valence-corrected chi connectivity index (χ3v) is 3.16. The van der Waals surface area contributed by atoms with E-state index in [9.17, 15) is 0 Å². The lowest BCUT2D eigenvalue weighted by atomic mass is 10.0. The molecule has 0 spiro atoms. The molecule has 72 valence electrons. The van der Waals surface area contributed by atoms with E-state index in [4.69, 9.17) is 23.2 Å². The van der Waals surface area contributed by atoms with Gasteiger partial charge in [0, 0.05) is 17.5 Å². The quantitative estimate of drug-likeness (QED) is 0.702. The zero-order valence-electron chi connectivity index (χ0n) is 7.80. The molecule has 1 aromatic heterocycles. The zero-order valence-corrected chi connectivity index (χ0v) is 9.31. The standard InChI is InChI=1S/C10H13Cl2N/c1-3-8(11)7(2)10-9(12)5-4-6-13-10/h4-8H,3H2,1-2H3. The van der Waals surface area contributed by atoms with Crippen LogP contribution in [0.25, 0.3) is 0 Å². The smallest absolute Gasteiger partial charge is 0.0632 e.